The molecule has 2 aromatic rings. The molecule has 47 heavy (non-hydrogen) atoms. The van der Waals surface area contributed by atoms with Gasteiger partial charge in [-0.1, -0.05) is 82.9 Å². The standard InChI is InChI=1S/C36H52Br3N3O5/c1-26(2)14-11-9-7-5-4-6-8-10-12-15-34(43)40-19-13-21-47-35-30(38)23-28(24-31(35)39)18-20-41-36(44)32(42-45)25-27-16-17-33(46-3)29(37)22-27/h16-17,22-24,26,45H,4-15,18-21,25H2,1-3H3,(H,40,43)(H,41,44)/b42-32-. The van der Waals surface area contributed by atoms with Crippen molar-refractivity contribution < 1.29 is 24.3 Å². The normalized spacial score (nSPS) is 11.5. The number of amides is 2. The topological polar surface area (TPSA) is 109 Å². The Morgan fingerprint density at radius 1 is 0.809 bits per heavy atom. The number of hydrogen-bond donors (Lipinski definition) is 3. The summed E-state index contributed by atoms with van der Waals surface area (Å²) in [6.07, 6.45) is 14.7. The van der Waals surface area contributed by atoms with E-state index in [9.17, 15) is 14.8 Å². The van der Waals surface area contributed by atoms with Crippen LogP contribution in [0.3, 0.4) is 0 Å². The van der Waals surface area contributed by atoms with Gasteiger partial charge in [-0.05, 0) is 108 Å². The average Bonchev–Trinajstić information content (AvgIpc) is 3.03. The molecule has 0 atom stereocenters. The van der Waals surface area contributed by atoms with Crippen molar-refractivity contribution in [3.63, 3.8) is 0 Å². The van der Waals surface area contributed by atoms with Gasteiger partial charge >= 0.3 is 0 Å². The number of nitrogens with one attached hydrogen (secondary N) is 2. The van der Waals surface area contributed by atoms with E-state index in [1.54, 1.807) is 13.2 Å². The summed E-state index contributed by atoms with van der Waals surface area (Å²) >= 11 is 10.6. The van der Waals surface area contributed by atoms with E-state index in [4.69, 9.17) is 9.47 Å². The van der Waals surface area contributed by atoms with Crippen LogP contribution in [0.1, 0.15) is 102 Å². The molecule has 0 radical (unpaired) electrons. The number of ether oxygens (including phenoxy) is 2. The van der Waals surface area contributed by atoms with Crippen LogP contribution < -0.4 is 20.1 Å². The van der Waals surface area contributed by atoms with Gasteiger partial charge in [0.1, 0.15) is 17.2 Å². The maximum absolute atomic E-state index is 12.6. The van der Waals surface area contributed by atoms with Crippen molar-refractivity contribution in [1.29, 1.82) is 0 Å². The van der Waals surface area contributed by atoms with E-state index < -0.39 is 5.91 Å². The van der Waals surface area contributed by atoms with E-state index >= 15 is 0 Å². The number of oxime groups is 1. The van der Waals surface area contributed by atoms with Crippen LogP contribution in [-0.2, 0) is 22.4 Å². The zero-order valence-electron chi connectivity index (χ0n) is 28.1. The summed E-state index contributed by atoms with van der Waals surface area (Å²) in [4.78, 5) is 24.8. The van der Waals surface area contributed by atoms with Crippen molar-refractivity contribution >= 4 is 65.3 Å². The first-order valence-corrected chi connectivity index (χ1v) is 19.2. The lowest BCUT2D eigenvalue weighted by atomic mass is 10.0. The number of unbranched alkanes of at least 4 members (excludes halogenated alkanes) is 8. The summed E-state index contributed by atoms with van der Waals surface area (Å²) in [7, 11) is 1.58. The van der Waals surface area contributed by atoms with Crippen molar-refractivity contribution in [1.82, 2.24) is 10.6 Å². The number of methoxy groups -OCH3 is 1. The first-order chi connectivity index (χ1) is 22.6. The quantitative estimate of drug-likeness (QED) is 0.0422. The van der Waals surface area contributed by atoms with Gasteiger partial charge in [0.25, 0.3) is 5.91 Å². The Morgan fingerprint density at radius 3 is 2.02 bits per heavy atom. The average molecular weight is 847 g/mol. The maximum atomic E-state index is 12.6. The summed E-state index contributed by atoms with van der Waals surface area (Å²) < 4.78 is 13.6. The minimum atomic E-state index is -0.432. The second kappa shape index (κ2) is 24.1. The number of carbonyl (C=O) groups excluding carboxylic acids is 2. The van der Waals surface area contributed by atoms with E-state index in [1.165, 1.54) is 51.4 Å². The number of rotatable bonds is 24. The predicted molar refractivity (Wildman–Crippen MR) is 201 cm³/mol. The molecule has 0 spiro atoms. The molecule has 11 heteroatoms. The van der Waals surface area contributed by atoms with Crippen LogP contribution in [0.2, 0.25) is 0 Å². The van der Waals surface area contributed by atoms with Crippen molar-refractivity contribution in [2.45, 2.75) is 104 Å². The van der Waals surface area contributed by atoms with Gasteiger partial charge in [-0.3, -0.25) is 9.59 Å². The Labute approximate surface area is 306 Å². The largest absolute Gasteiger partial charge is 0.496 e. The molecule has 0 aliphatic carbocycles. The third kappa shape index (κ3) is 17.2. The number of benzene rings is 2. The molecular weight excluding hydrogens is 794 g/mol. The zero-order valence-corrected chi connectivity index (χ0v) is 32.9. The summed E-state index contributed by atoms with van der Waals surface area (Å²) in [5.74, 6) is 1.87. The number of hydrogen-bond acceptors (Lipinski definition) is 6. The summed E-state index contributed by atoms with van der Waals surface area (Å²) in [5, 5.41) is 18.5. The lowest BCUT2D eigenvalue weighted by Crippen LogP contribution is -2.33. The highest BCUT2D eigenvalue weighted by Crippen LogP contribution is 2.35. The van der Waals surface area contributed by atoms with E-state index in [0.29, 0.717) is 50.5 Å². The molecule has 0 saturated carbocycles. The van der Waals surface area contributed by atoms with Crippen LogP contribution in [0.5, 0.6) is 11.5 Å². The first kappa shape index (κ1) is 41.1. The molecule has 2 amide bonds. The van der Waals surface area contributed by atoms with Gasteiger partial charge in [0.05, 0.1) is 27.1 Å². The van der Waals surface area contributed by atoms with E-state index in [-0.39, 0.29) is 18.0 Å². The Kier molecular flexibility index (Phi) is 21.0. The molecule has 0 aliphatic heterocycles. The molecule has 3 N–H and O–H groups in total. The molecular formula is C36H52Br3N3O5. The highest BCUT2D eigenvalue weighted by atomic mass is 79.9. The molecule has 0 bridgehead atoms. The van der Waals surface area contributed by atoms with Crippen LogP contribution in [0, 0.1) is 5.92 Å². The number of carbonyl (C=O) groups is 2. The fraction of sp³-hybridized carbons (Fsp3) is 0.583. The monoisotopic (exact) mass is 843 g/mol. The van der Waals surface area contributed by atoms with Crippen LogP contribution >= 0.6 is 47.8 Å². The second-order valence-electron chi connectivity index (χ2n) is 12.3. The summed E-state index contributed by atoms with van der Waals surface area (Å²) in [6.45, 7) is 6.00. The molecule has 2 aromatic carbocycles. The third-order valence-corrected chi connectivity index (χ3v) is 9.60. The van der Waals surface area contributed by atoms with Gasteiger partial charge in [0.15, 0.2) is 0 Å². The van der Waals surface area contributed by atoms with E-state index in [0.717, 1.165) is 43.3 Å². The number of halogens is 3. The fourth-order valence-corrected chi connectivity index (χ4v) is 7.23. The fourth-order valence-electron chi connectivity index (χ4n) is 5.13. The highest BCUT2D eigenvalue weighted by Gasteiger charge is 2.15. The van der Waals surface area contributed by atoms with Gasteiger partial charge in [-0.2, -0.15) is 0 Å². The zero-order chi connectivity index (χ0) is 34.4. The third-order valence-electron chi connectivity index (χ3n) is 7.80. The summed E-state index contributed by atoms with van der Waals surface area (Å²) in [5.41, 5.74) is 1.82. The van der Waals surface area contributed by atoms with Crippen molar-refractivity contribution in [2.75, 3.05) is 26.8 Å². The smallest absolute Gasteiger partial charge is 0.269 e. The molecule has 2 rings (SSSR count). The summed E-state index contributed by atoms with van der Waals surface area (Å²) in [6, 6.07) is 9.34. The minimum Gasteiger partial charge on any atom is -0.496 e. The van der Waals surface area contributed by atoms with E-state index in [2.05, 4.69) is 77.4 Å². The van der Waals surface area contributed by atoms with Crippen molar-refractivity contribution in [3.8, 4) is 11.5 Å². The lowest BCUT2D eigenvalue weighted by molar-refractivity contribution is -0.121. The van der Waals surface area contributed by atoms with Gasteiger partial charge in [0.2, 0.25) is 5.91 Å². The molecule has 0 aromatic heterocycles. The predicted octanol–water partition coefficient (Wildman–Crippen LogP) is 9.55. The molecule has 0 aliphatic rings. The van der Waals surface area contributed by atoms with Crippen molar-refractivity contribution in [2.24, 2.45) is 11.1 Å². The van der Waals surface area contributed by atoms with Crippen molar-refractivity contribution in [3.05, 3.63) is 54.9 Å². The van der Waals surface area contributed by atoms with Gasteiger partial charge in [-0.25, -0.2) is 0 Å². The van der Waals surface area contributed by atoms with Gasteiger partial charge in [-0.15, -0.1) is 0 Å². The Hall–Kier alpha value is -2.11. The lowest BCUT2D eigenvalue weighted by Gasteiger charge is -2.13. The SMILES string of the molecule is COc1ccc(C/C(=N/O)C(=O)NCCc2cc(Br)c(OCCCNC(=O)CCCCCCCCCCCC(C)C)c(Br)c2)cc1Br. The van der Waals surface area contributed by atoms with Crippen LogP contribution in [0.15, 0.2) is 48.9 Å². The molecule has 262 valence electrons. The van der Waals surface area contributed by atoms with Crippen LogP contribution in [0.25, 0.3) is 0 Å². The molecule has 0 heterocycles. The van der Waals surface area contributed by atoms with Gasteiger partial charge in [0, 0.05) is 25.9 Å². The molecule has 0 unspecified atom stereocenters. The first-order valence-electron chi connectivity index (χ1n) is 16.8. The second-order valence-corrected chi connectivity index (χ2v) is 14.8. The molecule has 8 nitrogen and oxygen atoms in total. The maximum Gasteiger partial charge on any atom is 0.269 e. The highest BCUT2D eigenvalue weighted by molar-refractivity contribution is 9.11. The Balaban J connectivity index is 1.59. The van der Waals surface area contributed by atoms with Crippen LogP contribution in [0.4, 0.5) is 0 Å². The van der Waals surface area contributed by atoms with E-state index in [1.807, 2.05) is 24.3 Å². The molecule has 0 fully saturated rings. The minimum absolute atomic E-state index is 0.0215. The number of nitrogens with zero attached hydrogens (tertiary/aromatic N) is 1. The Bertz CT molecular complexity index is 1250. The van der Waals surface area contributed by atoms with Crippen LogP contribution in [-0.4, -0.2) is 49.5 Å². The Morgan fingerprint density at radius 2 is 1.43 bits per heavy atom. The molecule has 0 saturated heterocycles. The van der Waals surface area contributed by atoms with Gasteiger partial charge < -0.3 is 25.3 Å².